The molecule has 160 valence electrons. The third-order valence-electron chi connectivity index (χ3n) is 3.87. The van der Waals surface area contributed by atoms with E-state index in [0.29, 0.717) is 22.8 Å². The van der Waals surface area contributed by atoms with Crippen molar-refractivity contribution < 1.29 is 58.2 Å². The molecule has 0 aliphatic heterocycles. The maximum Gasteiger partial charge on any atom is 1.00 e. The van der Waals surface area contributed by atoms with E-state index in [2.05, 4.69) is 5.32 Å². The molecule has 1 unspecified atom stereocenters. The number of benzene rings is 2. The van der Waals surface area contributed by atoms with Crippen molar-refractivity contribution in [2.24, 2.45) is 5.92 Å². The van der Waals surface area contributed by atoms with Gasteiger partial charge in [-0.1, -0.05) is 43.6 Å². The number of hydrogen-bond acceptors (Lipinski definition) is 6. The molecular weight excluding hydrogens is 433 g/mol. The quantitative estimate of drug-likeness (QED) is 0.203. The summed E-state index contributed by atoms with van der Waals surface area (Å²) in [6.07, 6.45) is -1.30. The number of nitrogens with one attached hydrogen (secondary N) is 1. The van der Waals surface area contributed by atoms with Crippen LogP contribution in [0.25, 0.3) is 0 Å². The first-order valence-electron chi connectivity index (χ1n) is 9.52. The summed E-state index contributed by atoms with van der Waals surface area (Å²) >= 11 is 5.77. The first-order valence-corrected chi connectivity index (χ1v) is 9.89. The Labute approximate surface area is 208 Å². The third-order valence-corrected chi connectivity index (χ3v) is 4.12. The van der Waals surface area contributed by atoms with Gasteiger partial charge in [-0.25, -0.2) is 9.59 Å². The van der Waals surface area contributed by atoms with Gasteiger partial charge in [0.25, 0.3) is 6.29 Å². The Morgan fingerprint density at radius 2 is 1.61 bits per heavy atom. The molecule has 1 atom stereocenters. The molecule has 2 aromatic carbocycles. The van der Waals surface area contributed by atoms with Gasteiger partial charge in [0, 0.05) is 23.9 Å². The molecule has 0 aliphatic rings. The maximum absolute atomic E-state index is 12.2. The van der Waals surface area contributed by atoms with Gasteiger partial charge in [-0.05, 0) is 42.8 Å². The Hall–Kier alpha value is -2.06. The molecule has 0 fully saturated rings. The summed E-state index contributed by atoms with van der Waals surface area (Å²) in [7, 11) is 0. The number of carbonyl (C=O) groups is 3. The number of hydrogen-bond donors (Lipinski definition) is 1. The average Bonchev–Trinajstić information content (AvgIpc) is 2.73. The number of carbonyl (C=O) groups excluding carboxylic acids is 3. The summed E-state index contributed by atoms with van der Waals surface area (Å²) in [5, 5.41) is 3.08. The van der Waals surface area contributed by atoms with E-state index in [9.17, 15) is 14.4 Å². The molecule has 9 heteroatoms. The van der Waals surface area contributed by atoms with E-state index >= 15 is 0 Å². The van der Waals surface area contributed by atoms with Crippen molar-refractivity contribution in [3.8, 4) is 5.75 Å². The van der Waals surface area contributed by atoms with Crippen LogP contribution in [0, 0.1) is 5.92 Å². The smallest absolute Gasteiger partial charge is 0.427 e. The van der Waals surface area contributed by atoms with E-state index in [1.165, 1.54) is 0 Å². The topological polar surface area (TPSA) is 90.9 Å². The van der Waals surface area contributed by atoms with Crippen LogP contribution in [0.2, 0.25) is 5.02 Å². The van der Waals surface area contributed by atoms with Crippen LogP contribution in [0.1, 0.15) is 37.0 Å². The number of halogens is 1. The number of ether oxygens (including phenoxy) is 3. The summed E-state index contributed by atoms with van der Waals surface area (Å²) in [5.74, 6) is -0.842. The Morgan fingerprint density at radius 1 is 0.968 bits per heavy atom. The molecule has 0 saturated heterocycles. The first kappa shape index (κ1) is 27.0. The largest absolute Gasteiger partial charge is 1.00 e. The molecule has 0 aromatic heterocycles. The molecule has 0 heterocycles. The second kappa shape index (κ2) is 14.1. The van der Waals surface area contributed by atoms with Crippen molar-refractivity contribution >= 4 is 29.6 Å². The normalized spacial score (nSPS) is 11.1. The zero-order valence-corrected chi connectivity index (χ0v) is 20.6. The van der Waals surface area contributed by atoms with Crippen molar-refractivity contribution in [2.45, 2.75) is 33.0 Å². The summed E-state index contributed by atoms with van der Waals surface area (Å²) in [6.45, 7) is 3.73. The summed E-state index contributed by atoms with van der Waals surface area (Å²) in [4.78, 5) is 36.0. The van der Waals surface area contributed by atoms with Crippen LogP contribution < -0.4 is 39.6 Å². The fraction of sp³-hybridized carbons (Fsp3) is 0.318. The van der Waals surface area contributed by atoms with Crippen LogP contribution in [-0.2, 0) is 14.3 Å². The molecule has 1 amide bonds. The third kappa shape index (κ3) is 10.2. The molecule has 1 N–H and O–H groups in total. The molecule has 0 radical (unpaired) electrons. The van der Waals surface area contributed by atoms with Crippen LogP contribution in [0.15, 0.2) is 54.6 Å². The number of esters is 2. The van der Waals surface area contributed by atoms with Crippen molar-refractivity contribution in [3.05, 3.63) is 65.2 Å². The van der Waals surface area contributed by atoms with Crippen molar-refractivity contribution in [1.29, 1.82) is 0 Å². The molecule has 7 nitrogen and oxygen atoms in total. The number of alkyl carbamates (subject to hydrolysis) is 1. The Morgan fingerprint density at radius 3 is 2.23 bits per heavy atom. The maximum atomic E-state index is 12.2. The van der Waals surface area contributed by atoms with Crippen LogP contribution >= 0.6 is 11.6 Å². The minimum absolute atomic E-state index is 0. The zero-order chi connectivity index (χ0) is 21.9. The fourth-order valence-corrected chi connectivity index (χ4v) is 2.43. The van der Waals surface area contributed by atoms with Gasteiger partial charge in [0.1, 0.15) is 5.75 Å². The standard InChI is InChI=1S/C22H24ClNO6.Na/c1-15(2)21(29-20(26)16-7-4-3-5-8-16)30-22(27)24-14-6-9-19(25)28-18-12-10-17(23)11-13-18;/h3-5,7-8,10-13,15,21H,6,9,14H2,1-2H3,(H,24,27);/q;+1. The minimum atomic E-state index is -1.03. The molecule has 2 rings (SSSR count). The fourth-order valence-electron chi connectivity index (χ4n) is 2.30. The number of amides is 1. The van der Waals surface area contributed by atoms with E-state index in [1.54, 1.807) is 68.4 Å². The SMILES string of the molecule is CC(C)C(OC(=O)NCCCC(=O)Oc1ccc(Cl)cc1)OC(=O)c1ccccc1.[Na+]. The summed E-state index contributed by atoms with van der Waals surface area (Å²) in [6, 6.07) is 14.9. The predicted molar refractivity (Wildman–Crippen MR) is 111 cm³/mol. The molecule has 0 spiro atoms. The monoisotopic (exact) mass is 456 g/mol. The van der Waals surface area contributed by atoms with Gasteiger partial charge in [0.05, 0.1) is 5.56 Å². The van der Waals surface area contributed by atoms with E-state index < -0.39 is 24.3 Å². The molecule has 2 aromatic rings. The first-order chi connectivity index (χ1) is 14.3. The van der Waals surface area contributed by atoms with Gasteiger partial charge in [-0.3, -0.25) is 4.79 Å². The summed E-state index contributed by atoms with van der Waals surface area (Å²) < 4.78 is 15.6. The van der Waals surface area contributed by atoms with Gasteiger partial charge in [-0.2, -0.15) is 0 Å². The van der Waals surface area contributed by atoms with Gasteiger partial charge >= 0.3 is 47.6 Å². The molecule has 0 bridgehead atoms. The zero-order valence-electron chi connectivity index (χ0n) is 17.8. The van der Waals surface area contributed by atoms with E-state index in [1.807, 2.05) is 0 Å². The van der Waals surface area contributed by atoms with Crippen LogP contribution in [0.5, 0.6) is 5.75 Å². The van der Waals surface area contributed by atoms with Crippen molar-refractivity contribution in [2.75, 3.05) is 6.54 Å². The van der Waals surface area contributed by atoms with E-state index in [-0.39, 0.29) is 48.4 Å². The van der Waals surface area contributed by atoms with Crippen molar-refractivity contribution in [3.63, 3.8) is 0 Å². The average molecular weight is 457 g/mol. The molecule has 31 heavy (non-hydrogen) atoms. The Kier molecular flexibility index (Phi) is 12.3. The predicted octanol–water partition coefficient (Wildman–Crippen LogP) is 1.59. The van der Waals surface area contributed by atoms with Crippen LogP contribution in [0.4, 0.5) is 4.79 Å². The van der Waals surface area contributed by atoms with E-state index in [4.69, 9.17) is 25.8 Å². The van der Waals surface area contributed by atoms with Gasteiger partial charge in [0.2, 0.25) is 0 Å². The van der Waals surface area contributed by atoms with Crippen LogP contribution in [-0.4, -0.2) is 30.9 Å². The second-order valence-corrected chi connectivity index (χ2v) is 7.18. The second-order valence-electron chi connectivity index (χ2n) is 6.75. The van der Waals surface area contributed by atoms with Gasteiger partial charge in [0.15, 0.2) is 0 Å². The minimum Gasteiger partial charge on any atom is -0.427 e. The molecule has 0 aliphatic carbocycles. The molecule has 0 saturated carbocycles. The van der Waals surface area contributed by atoms with E-state index in [0.717, 1.165) is 0 Å². The van der Waals surface area contributed by atoms with Crippen molar-refractivity contribution in [1.82, 2.24) is 5.32 Å². The van der Waals surface area contributed by atoms with Gasteiger partial charge in [-0.15, -0.1) is 0 Å². The number of rotatable bonds is 9. The molecular formula is C22H24ClNNaO6+. The Bertz CT molecular complexity index is 845. The van der Waals surface area contributed by atoms with Crippen LogP contribution in [0.3, 0.4) is 0 Å². The van der Waals surface area contributed by atoms with Gasteiger partial charge < -0.3 is 19.5 Å². The Balaban J connectivity index is 0.00000480. The summed E-state index contributed by atoms with van der Waals surface area (Å²) in [5.41, 5.74) is 0.367.